The van der Waals surface area contributed by atoms with Gasteiger partial charge in [0.15, 0.2) is 0 Å². The molecule has 22 heavy (non-hydrogen) atoms. The maximum absolute atomic E-state index is 12.0. The molecular formula is C17H20N4O. The second kappa shape index (κ2) is 7.36. The minimum Gasteiger partial charge on any atom is -0.347 e. The lowest BCUT2D eigenvalue weighted by atomic mass is 10.2. The lowest BCUT2D eigenvalue weighted by Gasteiger charge is -2.21. The summed E-state index contributed by atoms with van der Waals surface area (Å²) in [4.78, 5) is 22.6. The van der Waals surface area contributed by atoms with Crippen molar-refractivity contribution in [3.05, 3.63) is 60.4 Å². The zero-order valence-corrected chi connectivity index (χ0v) is 12.9. The van der Waals surface area contributed by atoms with Crippen molar-refractivity contribution in [3.8, 4) is 0 Å². The standard InChI is InChI=1S/C17H20N4O/c1-4-10-18-16(22)15-9-11-19-17(20-15)21(5-2)14-8-6-7-13(3)12-14/h4,6-9,11-12H,1,5,10H2,2-3H3,(H,18,22). The summed E-state index contributed by atoms with van der Waals surface area (Å²) in [6.45, 7) is 8.76. The van der Waals surface area contributed by atoms with Gasteiger partial charge in [-0.1, -0.05) is 18.2 Å². The topological polar surface area (TPSA) is 58.1 Å². The number of carbonyl (C=O) groups is 1. The summed E-state index contributed by atoms with van der Waals surface area (Å²) in [6, 6.07) is 9.71. The zero-order valence-electron chi connectivity index (χ0n) is 12.9. The molecule has 0 spiro atoms. The first-order chi connectivity index (χ1) is 10.7. The second-order valence-electron chi connectivity index (χ2n) is 4.82. The molecule has 0 unspecified atom stereocenters. The van der Waals surface area contributed by atoms with E-state index in [1.807, 2.05) is 36.9 Å². The van der Waals surface area contributed by atoms with Crippen LogP contribution in [0.25, 0.3) is 0 Å². The van der Waals surface area contributed by atoms with Crippen molar-refractivity contribution in [3.63, 3.8) is 0 Å². The number of aromatic nitrogens is 2. The fourth-order valence-corrected chi connectivity index (χ4v) is 2.10. The van der Waals surface area contributed by atoms with E-state index in [4.69, 9.17) is 0 Å². The van der Waals surface area contributed by atoms with Gasteiger partial charge in [-0.25, -0.2) is 9.97 Å². The molecule has 0 fully saturated rings. The SMILES string of the molecule is C=CCNC(=O)c1ccnc(N(CC)c2cccc(C)c2)n1. The third-order valence-electron chi connectivity index (χ3n) is 3.15. The van der Waals surface area contributed by atoms with Gasteiger partial charge < -0.3 is 10.2 Å². The molecule has 1 aromatic heterocycles. The molecule has 5 nitrogen and oxygen atoms in total. The Bertz CT molecular complexity index is 669. The van der Waals surface area contributed by atoms with Crippen molar-refractivity contribution in [2.45, 2.75) is 13.8 Å². The van der Waals surface area contributed by atoms with E-state index in [2.05, 4.69) is 27.9 Å². The summed E-state index contributed by atoms with van der Waals surface area (Å²) in [5, 5.41) is 2.72. The van der Waals surface area contributed by atoms with Gasteiger partial charge in [-0.05, 0) is 37.6 Å². The quantitative estimate of drug-likeness (QED) is 0.833. The number of amides is 1. The van der Waals surface area contributed by atoms with Crippen molar-refractivity contribution >= 4 is 17.5 Å². The Morgan fingerprint density at radius 3 is 2.91 bits per heavy atom. The van der Waals surface area contributed by atoms with E-state index in [0.717, 1.165) is 11.3 Å². The Morgan fingerprint density at radius 1 is 1.41 bits per heavy atom. The molecule has 0 radical (unpaired) electrons. The summed E-state index contributed by atoms with van der Waals surface area (Å²) in [5.41, 5.74) is 2.51. The molecule has 0 saturated carbocycles. The highest BCUT2D eigenvalue weighted by Gasteiger charge is 2.13. The predicted molar refractivity (Wildman–Crippen MR) is 88.4 cm³/mol. The molecule has 1 aromatic carbocycles. The first kappa shape index (κ1) is 15.7. The first-order valence-electron chi connectivity index (χ1n) is 7.22. The fraction of sp³-hybridized carbons (Fsp3) is 0.235. The van der Waals surface area contributed by atoms with Crippen molar-refractivity contribution < 1.29 is 4.79 Å². The maximum atomic E-state index is 12.0. The van der Waals surface area contributed by atoms with E-state index < -0.39 is 0 Å². The Kier molecular flexibility index (Phi) is 5.25. The third-order valence-corrected chi connectivity index (χ3v) is 3.15. The minimum absolute atomic E-state index is 0.233. The molecule has 0 aliphatic rings. The molecule has 0 aliphatic heterocycles. The number of nitrogens with zero attached hydrogens (tertiary/aromatic N) is 3. The van der Waals surface area contributed by atoms with Crippen LogP contribution in [0, 0.1) is 6.92 Å². The number of hydrogen-bond donors (Lipinski definition) is 1. The van der Waals surface area contributed by atoms with Crippen LogP contribution in [0.5, 0.6) is 0 Å². The Morgan fingerprint density at radius 2 is 2.23 bits per heavy atom. The van der Waals surface area contributed by atoms with E-state index in [1.165, 1.54) is 0 Å². The summed E-state index contributed by atoms with van der Waals surface area (Å²) in [7, 11) is 0. The summed E-state index contributed by atoms with van der Waals surface area (Å²) < 4.78 is 0. The Balaban J connectivity index is 2.30. The highest BCUT2D eigenvalue weighted by Crippen LogP contribution is 2.22. The number of aryl methyl sites for hydroxylation is 1. The maximum Gasteiger partial charge on any atom is 0.270 e. The van der Waals surface area contributed by atoms with Crippen LogP contribution in [0.15, 0.2) is 49.2 Å². The minimum atomic E-state index is -0.233. The van der Waals surface area contributed by atoms with E-state index >= 15 is 0 Å². The molecule has 1 N–H and O–H groups in total. The molecule has 1 amide bonds. The van der Waals surface area contributed by atoms with E-state index in [0.29, 0.717) is 24.7 Å². The lowest BCUT2D eigenvalue weighted by Crippen LogP contribution is -2.26. The van der Waals surface area contributed by atoms with Gasteiger partial charge in [0.1, 0.15) is 5.69 Å². The van der Waals surface area contributed by atoms with Crippen LogP contribution in [-0.2, 0) is 0 Å². The average Bonchev–Trinajstić information content (AvgIpc) is 2.54. The number of anilines is 2. The van der Waals surface area contributed by atoms with Crippen molar-refractivity contribution in [1.82, 2.24) is 15.3 Å². The molecule has 1 heterocycles. The first-order valence-corrected chi connectivity index (χ1v) is 7.22. The van der Waals surface area contributed by atoms with Crippen LogP contribution in [-0.4, -0.2) is 29.0 Å². The molecule has 5 heteroatoms. The van der Waals surface area contributed by atoms with E-state index in [-0.39, 0.29) is 5.91 Å². The second-order valence-corrected chi connectivity index (χ2v) is 4.82. The summed E-state index contributed by atoms with van der Waals surface area (Å²) in [5.74, 6) is 0.281. The zero-order chi connectivity index (χ0) is 15.9. The molecule has 0 saturated heterocycles. The number of rotatable bonds is 6. The largest absolute Gasteiger partial charge is 0.347 e. The highest BCUT2D eigenvalue weighted by molar-refractivity contribution is 5.92. The smallest absolute Gasteiger partial charge is 0.270 e. The van der Waals surface area contributed by atoms with Gasteiger partial charge in [-0.2, -0.15) is 0 Å². The van der Waals surface area contributed by atoms with Crippen LogP contribution in [0.1, 0.15) is 23.0 Å². The van der Waals surface area contributed by atoms with Crippen molar-refractivity contribution in [1.29, 1.82) is 0 Å². The fourth-order valence-electron chi connectivity index (χ4n) is 2.10. The number of hydrogen-bond acceptors (Lipinski definition) is 4. The molecule has 0 aliphatic carbocycles. The normalized spacial score (nSPS) is 10.1. The molecule has 2 aromatic rings. The summed E-state index contributed by atoms with van der Waals surface area (Å²) in [6.07, 6.45) is 3.23. The summed E-state index contributed by atoms with van der Waals surface area (Å²) >= 11 is 0. The Hall–Kier alpha value is -2.69. The predicted octanol–water partition coefficient (Wildman–Crippen LogP) is 2.86. The molecule has 0 atom stereocenters. The number of nitrogens with one attached hydrogen (secondary N) is 1. The van der Waals surface area contributed by atoms with Gasteiger partial charge in [0.2, 0.25) is 5.95 Å². The van der Waals surface area contributed by atoms with Gasteiger partial charge in [-0.15, -0.1) is 6.58 Å². The van der Waals surface area contributed by atoms with Crippen LogP contribution in [0.3, 0.4) is 0 Å². The lowest BCUT2D eigenvalue weighted by molar-refractivity contribution is 0.0953. The van der Waals surface area contributed by atoms with Crippen LogP contribution in [0.4, 0.5) is 11.6 Å². The average molecular weight is 296 g/mol. The van der Waals surface area contributed by atoms with E-state index in [1.54, 1.807) is 18.3 Å². The van der Waals surface area contributed by atoms with Gasteiger partial charge in [0, 0.05) is 25.0 Å². The van der Waals surface area contributed by atoms with Crippen molar-refractivity contribution in [2.75, 3.05) is 18.0 Å². The molecule has 114 valence electrons. The van der Waals surface area contributed by atoms with Crippen LogP contribution >= 0.6 is 0 Å². The van der Waals surface area contributed by atoms with Crippen LogP contribution in [0.2, 0.25) is 0 Å². The van der Waals surface area contributed by atoms with Crippen molar-refractivity contribution in [2.24, 2.45) is 0 Å². The Labute approximate surface area is 130 Å². The highest BCUT2D eigenvalue weighted by atomic mass is 16.1. The number of carbonyl (C=O) groups excluding carboxylic acids is 1. The van der Waals surface area contributed by atoms with Gasteiger partial charge in [0.25, 0.3) is 5.91 Å². The molecular weight excluding hydrogens is 276 g/mol. The van der Waals surface area contributed by atoms with Gasteiger partial charge >= 0.3 is 0 Å². The van der Waals surface area contributed by atoms with Crippen LogP contribution < -0.4 is 10.2 Å². The third kappa shape index (κ3) is 3.69. The van der Waals surface area contributed by atoms with Gasteiger partial charge in [-0.3, -0.25) is 4.79 Å². The monoisotopic (exact) mass is 296 g/mol. The molecule has 0 bridgehead atoms. The van der Waals surface area contributed by atoms with Gasteiger partial charge in [0.05, 0.1) is 0 Å². The number of benzene rings is 1. The van der Waals surface area contributed by atoms with E-state index in [9.17, 15) is 4.79 Å². The molecule has 2 rings (SSSR count).